The van der Waals surface area contributed by atoms with E-state index in [1.165, 1.54) is 51.6 Å². The third-order valence-corrected chi connectivity index (χ3v) is 5.68. The van der Waals surface area contributed by atoms with E-state index in [2.05, 4.69) is 36.1 Å². The fourth-order valence-electron chi connectivity index (χ4n) is 4.09. The predicted molar refractivity (Wildman–Crippen MR) is 84.8 cm³/mol. The van der Waals surface area contributed by atoms with Gasteiger partial charge in [0.25, 0.3) is 0 Å². The summed E-state index contributed by atoms with van der Waals surface area (Å²) in [7, 11) is 0. The van der Waals surface area contributed by atoms with Gasteiger partial charge in [-0.2, -0.15) is 0 Å². The van der Waals surface area contributed by atoms with Crippen molar-refractivity contribution in [2.75, 3.05) is 19.6 Å². The number of rotatable bonds is 2. The van der Waals surface area contributed by atoms with E-state index in [1.807, 2.05) is 0 Å². The zero-order valence-electron chi connectivity index (χ0n) is 12.8. The normalized spacial score (nSPS) is 31.6. The molecule has 0 amide bonds. The molecule has 1 aliphatic carbocycles. The van der Waals surface area contributed by atoms with E-state index in [0.717, 1.165) is 12.5 Å². The number of fused-ring (bicyclic) bond motifs is 1. The molecule has 1 fully saturated rings. The fourth-order valence-corrected chi connectivity index (χ4v) is 4.09. The summed E-state index contributed by atoms with van der Waals surface area (Å²) in [4.78, 5) is 2.72. The summed E-state index contributed by atoms with van der Waals surface area (Å²) in [6.45, 7) is 5.58. The molecule has 0 saturated heterocycles. The summed E-state index contributed by atoms with van der Waals surface area (Å²) < 4.78 is 0. The highest BCUT2D eigenvalue weighted by Gasteiger charge is 2.38. The Bertz CT molecular complexity index is 419. The van der Waals surface area contributed by atoms with Crippen LogP contribution in [0, 0.1) is 5.92 Å². The van der Waals surface area contributed by atoms with Crippen molar-refractivity contribution in [3.05, 3.63) is 35.4 Å². The molecule has 2 heteroatoms. The SMILES string of the molecule is CC1CCC(CN)(N2CCc3ccccc3CC2)CC1. The molecule has 0 spiro atoms. The Morgan fingerprint density at radius 1 is 1.10 bits per heavy atom. The smallest absolute Gasteiger partial charge is 0.0332 e. The number of benzene rings is 1. The van der Waals surface area contributed by atoms with Crippen molar-refractivity contribution in [2.45, 2.75) is 51.0 Å². The second-order valence-electron chi connectivity index (χ2n) is 6.87. The summed E-state index contributed by atoms with van der Waals surface area (Å²) in [6.07, 6.45) is 7.66. The summed E-state index contributed by atoms with van der Waals surface area (Å²) in [5.74, 6) is 0.888. The van der Waals surface area contributed by atoms with Crippen LogP contribution in [0.1, 0.15) is 43.7 Å². The Morgan fingerprint density at radius 3 is 2.15 bits per heavy atom. The first kappa shape index (κ1) is 14.1. The zero-order chi connectivity index (χ0) is 14.0. The number of nitrogens with two attached hydrogens (primary N) is 1. The van der Waals surface area contributed by atoms with Gasteiger partial charge < -0.3 is 5.73 Å². The van der Waals surface area contributed by atoms with Gasteiger partial charge in [0.1, 0.15) is 0 Å². The lowest BCUT2D eigenvalue weighted by atomic mass is 9.76. The average Bonchev–Trinajstić information content (AvgIpc) is 2.72. The van der Waals surface area contributed by atoms with Crippen LogP contribution in [-0.2, 0) is 12.8 Å². The molecule has 2 nitrogen and oxygen atoms in total. The average molecular weight is 272 g/mol. The standard InChI is InChI=1S/C18H28N2/c1-15-6-10-18(14-19,11-7-15)20-12-8-16-4-2-3-5-17(16)9-13-20/h2-5,15H,6-14,19H2,1H3. The van der Waals surface area contributed by atoms with E-state index >= 15 is 0 Å². The molecule has 1 aromatic carbocycles. The van der Waals surface area contributed by atoms with Crippen LogP contribution in [0.25, 0.3) is 0 Å². The Kier molecular flexibility index (Phi) is 4.13. The molecule has 110 valence electrons. The van der Waals surface area contributed by atoms with Crippen molar-refractivity contribution in [3.8, 4) is 0 Å². The van der Waals surface area contributed by atoms with E-state index < -0.39 is 0 Å². The van der Waals surface area contributed by atoms with Gasteiger partial charge in [-0.05, 0) is 55.6 Å². The first-order valence-corrected chi connectivity index (χ1v) is 8.25. The molecule has 0 aromatic heterocycles. The van der Waals surface area contributed by atoms with Crippen molar-refractivity contribution in [1.82, 2.24) is 4.90 Å². The Morgan fingerprint density at radius 2 is 1.65 bits per heavy atom. The lowest BCUT2D eigenvalue weighted by Crippen LogP contribution is -2.56. The molecule has 0 bridgehead atoms. The van der Waals surface area contributed by atoms with Gasteiger partial charge in [0.2, 0.25) is 0 Å². The second kappa shape index (κ2) is 5.87. The van der Waals surface area contributed by atoms with E-state index in [0.29, 0.717) is 0 Å². The molecule has 1 aliphatic heterocycles. The molecule has 0 radical (unpaired) electrons. The molecule has 0 unspecified atom stereocenters. The van der Waals surface area contributed by atoms with E-state index in [9.17, 15) is 0 Å². The third kappa shape index (κ3) is 2.64. The fraction of sp³-hybridized carbons (Fsp3) is 0.667. The Hall–Kier alpha value is -0.860. The third-order valence-electron chi connectivity index (χ3n) is 5.68. The van der Waals surface area contributed by atoms with Crippen LogP contribution >= 0.6 is 0 Å². The van der Waals surface area contributed by atoms with Crippen LogP contribution in [0.2, 0.25) is 0 Å². The van der Waals surface area contributed by atoms with Crippen LogP contribution in [0.3, 0.4) is 0 Å². The highest BCUT2D eigenvalue weighted by molar-refractivity contribution is 5.29. The molecule has 1 saturated carbocycles. The van der Waals surface area contributed by atoms with Gasteiger partial charge in [-0.1, -0.05) is 31.2 Å². The summed E-state index contributed by atoms with van der Waals surface area (Å²) in [5.41, 5.74) is 9.61. The van der Waals surface area contributed by atoms with Crippen molar-refractivity contribution < 1.29 is 0 Å². The maximum Gasteiger partial charge on any atom is 0.0332 e. The molecular formula is C18H28N2. The first-order valence-electron chi connectivity index (χ1n) is 8.25. The van der Waals surface area contributed by atoms with Gasteiger partial charge in [0, 0.05) is 25.2 Å². The monoisotopic (exact) mass is 272 g/mol. The van der Waals surface area contributed by atoms with Gasteiger partial charge in [0.05, 0.1) is 0 Å². The highest BCUT2D eigenvalue weighted by atomic mass is 15.2. The minimum absolute atomic E-state index is 0.286. The van der Waals surface area contributed by atoms with Crippen LogP contribution in [-0.4, -0.2) is 30.1 Å². The Balaban J connectivity index is 1.75. The first-order chi connectivity index (χ1) is 9.73. The molecule has 3 rings (SSSR count). The van der Waals surface area contributed by atoms with Gasteiger partial charge in [-0.25, -0.2) is 0 Å². The molecular weight excluding hydrogens is 244 g/mol. The van der Waals surface area contributed by atoms with Crippen LogP contribution in [0.5, 0.6) is 0 Å². The van der Waals surface area contributed by atoms with Gasteiger partial charge in [0.15, 0.2) is 0 Å². The number of hydrogen-bond donors (Lipinski definition) is 1. The van der Waals surface area contributed by atoms with Crippen molar-refractivity contribution in [1.29, 1.82) is 0 Å². The van der Waals surface area contributed by atoms with Crippen molar-refractivity contribution >= 4 is 0 Å². The maximum atomic E-state index is 6.23. The minimum atomic E-state index is 0.286. The molecule has 20 heavy (non-hydrogen) atoms. The quantitative estimate of drug-likeness (QED) is 0.897. The van der Waals surface area contributed by atoms with Gasteiger partial charge in [-0.15, -0.1) is 0 Å². The van der Waals surface area contributed by atoms with Gasteiger partial charge >= 0.3 is 0 Å². The predicted octanol–water partition coefficient (Wildman–Crippen LogP) is 2.99. The van der Waals surface area contributed by atoms with E-state index in [1.54, 1.807) is 11.1 Å². The molecule has 2 aliphatic rings. The number of hydrogen-bond acceptors (Lipinski definition) is 2. The topological polar surface area (TPSA) is 29.3 Å². The van der Waals surface area contributed by atoms with E-state index in [4.69, 9.17) is 5.73 Å². The van der Waals surface area contributed by atoms with Crippen molar-refractivity contribution in [3.63, 3.8) is 0 Å². The van der Waals surface area contributed by atoms with Crippen LogP contribution < -0.4 is 5.73 Å². The summed E-state index contributed by atoms with van der Waals surface area (Å²) in [5, 5.41) is 0. The Labute approximate surface area is 123 Å². The molecule has 1 heterocycles. The summed E-state index contributed by atoms with van der Waals surface area (Å²) in [6, 6.07) is 8.96. The largest absolute Gasteiger partial charge is 0.329 e. The number of nitrogens with zero attached hydrogens (tertiary/aromatic N) is 1. The highest BCUT2D eigenvalue weighted by Crippen LogP contribution is 2.36. The second-order valence-corrected chi connectivity index (χ2v) is 6.87. The van der Waals surface area contributed by atoms with Crippen LogP contribution in [0.15, 0.2) is 24.3 Å². The molecule has 2 N–H and O–H groups in total. The van der Waals surface area contributed by atoms with Crippen LogP contribution in [0.4, 0.5) is 0 Å². The molecule has 0 atom stereocenters. The summed E-state index contributed by atoms with van der Waals surface area (Å²) >= 11 is 0. The van der Waals surface area contributed by atoms with E-state index in [-0.39, 0.29) is 5.54 Å². The lowest BCUT2D eigenvalue weighted by molar-refractivity contribution is 0.0483. The maximum absolute atomic E-state index is 6.23. The van der Waals surface area contributed by atoms with Gasteiger partial charge in [-0.3, -0.25) is 4.90 Å². The molecule has 1 aromatic rings. The minimum Gasteiger partial charge on any atom is -0.329 e. The van der Waals surface area contributed by atoms with Crippen molar-refractivity contribution in [2.24, 2.45) is 11.7 Å². The lowest BCUT2D eigenvalue weighted by Gasteiger charge is -2.47. The zero-order valence-corrected chi connectivity index (χ0v) is 12.8.